The topological polar surface area (TPSA) is 123 Å². The maximum atomic E-state index is 12.4. The predicted molar refractivity (Wildman–Crippen MR) is 100 cm³/mol. The van der Waals surface area contributed by atoms with E-state index in [9.17, 15) is 19.5 Å². The molecule has 4 rings (SSSR count). The van der Waals surface area contributed by atoms with Crippen LogP contribution in [0.1, 0.15) is 36.3 Å². The van der Waals surface area contributed by atoms with E-state index in [1.54, 1.807) is 0 Å². The molecule has 2 aromatic rings. The minimum atomic E-state index is -1.16. The van der Waals surface area contributed by atoms with Gasteiger partial charge in [-0.1, -0.05) is 5.57 Å². The number of aliphatic carboxylic acids is 1. The highest BCUT2D eigenvalue weighted by Crippen LogP contribution is 2.39. The van der Waals surface area contributed by atoms with Crippen LogP contribution in [0.5, 0.6) is 0 Å². The number of hydrogen-bond acceptors (Lipinski definition) is 4. The Morgan fingerprint density at radius 3 is 2.74 bits per heavy atom. The lowest BCUT2D eigenvalue weighted by molar-refractivity contribution is -0.137. The average molecular weight is 368 g/mol. The van der Waals surface area contributed by atoms with Crippen LogP contribution in [-0.4, -0.2) is 25.2 Å². The Bertz CT molecular complexity index is 1110. The van der Waals surface area contributed by atoms with Gasteiger partial charge in [0, 0.05) is 35.4 Å². The number of nitrogens with zero attached hydrogens (tertiary/aromatic N) is 2. The summed E-state index contributed by atoms with van der Waals surface area (Å²) in [5.74, 6) is -1.16. The number of nitrogens with two attached hydrogens (primary N) is 1. The predicted octanol–water partition coefficient (Wildman–Crippen LogP) is 0.916. The Labute approximate surface area is 154 Å². The van der Waals surface area contributed by atoms with Crippen molar-refractivity contribution in [2.45, 2.75) is 38.8 Å². The van der Waals surface area contributed by atoms with E-state index in [2.05, 4.69) is 4.98 Å². The van der Waals surface area contributed by atoms with Crippen LogP contribution in [0, 0.1) is 0 Å². The molecule has 140 valence electrons. The summed E-state index contributed by atoms with van der Waals surface area (Å²) in [4.78, 5) is 38.2. The van der Waals surface area contributed by atoms with Crippen molar-refractivity contribution in [2.24, 2.45) is 5.73 Å². The second-order valence-corrected chi connectivity index (χ2v) is 6.79. The van der Waals surface area contributed by atoms with Gasteiger partial charge in [0.2, 0.25) is 0 Å². The zero-order chi connectivity index (χ0) is 19.1. The van der Waals surface area contributed by atoms with Gasteiger partial charge in [-0.2, -0.15) is 0 Å². The van der Waals surface area contributed by atoms with E-state index in [1.165, 1.54) is 5.57 Å². The highest BCUT2D eigenvalue weighted by molar-refractivity contribution is 5.85. The summed E-state index contributed by atoms with van der Waals surface area (Å²) < 4.78 is 3.12. The van der Waals surface area contributed by atoms with Crippen molar-refractivity contribution in [3.8, 4) is 0 Å². The minimum absolute atomic E-state index is 0.407. The van der Waals surface area contributed by atoms with E-state index in [0.717, 1.165) is 40.8 Å². The zero-order valence-electron chi connectivity index (χ0n) is 14.7. The molecule has 0 spiro atoms. The van der Waals surface area contributed by atoms with Crippen LogP contribution in [-0.2, 0) is 24.3 Å². The number of aromatic nitrogens is 3. The van der Waals surface area contributed by atoms with Gasteiger partial charge < -0.3 is 20.4 Å². The number of nitrogens with one attached hydrogen (secondary N) is 1. The molecule has 2 aromatic heterocycles. The number of aryl methyl sites for hydroxylation is 1. The molecule has 0 bridgehead atoms. The Balaban J connectivity index is 1.92. The van der Waals surface area contributed by atoms with Crippen molar-refractivity contribution in [1.29, 1.82) is 0 Å². The minimum Gasteiger partial charge on any atom is -0.480 e. The Morgan fingerprint density at radius 2 is 2.00 bits per heavy atom. The third-order valence-electron chi connectivity index (χ3n) is 5.21. The first-order chi connectivity index (χ1) is 13.0. The van der Waals surface area contributed by atoms with Gasteiger partial charge in [-0.15, -0.1) is 0 Å². The Hall–Kier alpha value is -3.13. The van der Waals surface area contributed by atoms with Crippen LogP contribution in [0.4, 0.5) is 0 Å². The van der Waals surface area contributed by atoms with E-state index in [1.807, 2.05) is 29.0 Å². The SMILES string of the molecule is NCc1cccn1C1=CC2=C(CC1)CCc1[nH]c(=O)c(=O)n(CC(=O)O)c12. The molecule has 8 heteroatoms. The number of carbonyl (C=O) groups is 1. The molecule has 0 unspecified atom stereocenters. The molecule has 0 radical (unpaired) electrons. The van der Waals surface area contributed by atoms with Gasteiger partial charge >= 0.3 is 17.1 Å². The third-order valence-corrected chi connectivity index (χ3v) is 5.21. The Morgan fingerprint density at radius 1 is 1.22 bits per heavy atom. The van der Waals surface area contributed by atoms with E-state index in [4.69, 9.17) is 5.73 Å². The zero-order valence-corrected chi connectivity index (χ0v) is 14.7. The summed E-state index contributed by atoms with van der Waals surface area (Å²) in [6, 6.07) is 3.89. The first-order valence-corrected chi connectivity index (χ1v) is 8.87. The summed E-state index contributed by atoms with van der Waals surface area (Å²) in [7, 11) is 0. The average Bonchev–Trinajstić information content (AvgIpc) is 3.13. The van der Waals surface area contributed by atoms with Gasteiger partial charge in [-0.05, 0) is 43.9 Å². The monoisotopic (exact) mass is 368 g/mol. The largest absolute Gasteiger partial charge is 0.480 e. The maximum Gasteiger partial charge on any atom is 0.323 e. The van der Waals surface area contributed by atoms with Gasteiger partial charge in [-0.25, -0.2) is 0 Å². The van der Waals surface area contributed by atoms with E-state index in [-0.39, 0.29) is 0 Å². The highest BCUT2D eigenvalue weighted by Gasteiger charge is 2.27. The molecule has 27 heavy (non-hydrogen) atoms. The highest BCUT2D eigenvalue weighted by atomic mass is 16.4. The molecule has 2 heterocycles. The summed E-state index contributed by atoms with van der Waals surface area (Å²) in [6.07, 6.45) is 6.96. The van der Waals surface area contributed by atoms with Gasteiger partial charge in [-0.3, -0.25) is 19.0 Å². The van der Waals surface area contributed by atoms with Crippen LogP contribution in [0.15, 0.2) is 39.6 Å². The lowest BCUT2D eigenvalue weighted by Gasteiger charge is -2.28. The van der Waals surface area contributed by atoms with Gasteiger partial charge in [0.1, 0.15) is 6.54 Å². The number of hydrogen-bond donors (Lipinski definition) is 3. The van der Waals surface area contributed by atoms with Crippen molar-refractivity contribution >= 4 is 17.2 Å². The lowest BCUT2D eigenvalue weighted by atomic mass is 9.84. The van der Waals surface area contributed by atoms with Crippen LogP contribution < -0.4 is 16.9 Å². The lowest BCUT2D eigenvalue weighted by Crippen LogP contribution is -2.41. The van der Waals surface area contributed by atoms with E-state index >= 15 is 0 Å². The number of allylic oxidation sites excluding steroid dienone is 4. The number of H-pyrrole nitrogens is 1. The summed E-state index contributed by atoms with van der Waals surface area (Å²) in [5, 5.41) is 9.23. The summed E-state index contributed by atoms with van der Waals surface area (Å²) in [5.41, 5.74) is 9.35. The molecule has 8 nitrogen and oxygen atoms in total. The maximum absolute atomic E-state index is 12.4. The molecule has 0 fully saturated rings. The van der Waals surface area contributed by atoms with Crippen LogP contribution in [0.25, 0.3) is 11.3 Å². The summed E-state index contributed by atoms with van der Waals surface area (Å²) >= 11 is 0. The molecule has 2 aliphatic rings. The smallest absolute Gasteiger partial charge is 0.323 e. The van der Waals surface area contributed by atoms with Gasteiger partial charge in [0.25, 0.3) is 0 Å². The molecule has 0 aromatic carbocycles. The van der Waals surface area contributed by atoms with Crippen LogP contribution in [0.3, 0.4) is 0 Å². The molecule has 2 aliphatic carbocycles. The van der Waals surface area contributed by atoms with Crippen LogP contribution >= 0.6 is 0 Å². The molecular formula is C19H20N4O4. The fourth-order valence-electron chi connectivity index (χ4n) is 3.99. The second-order valence-electron chi connectivity index (χ2n) is 6.79. The van der Waals surface area contributed by atoms with E-state index in [0.29, 0.717) is 24.4 Å². The summed E-state index contributed by atoms with van der Waals surface area (Å²) in [6.45, 7) is -0.132. The first kappa shape index (κ1) is 17.3. The number of rotatable bonds is 4. The van der Waals surface area contributed by atoms with Gasteiger partial charge in [0.05, 0.1) is 5.69 Å². The molecule has 0 saturated carbocycles. The quantitative estimate of drug-likeness (QED) is 0.693. The third kappa shape index (κ3) is 2.87. The van der Waals surface area contributed by atoms with E-state index < -0.39 is 23.6 Å². The van der Waals surface area contributed by atoms with Crippen molar-refractivity contribution in [2.75, 3.05) is 0 Å². The molecule has 0 aliphatic heterocycles. The van der Waals surface area contributed by atoms with Crippen molar-refractivity contribution in [3.63, 3.8) is 0 Å². The molecule has 0 amide bonds. The van der Waals surface area contributed by atoms with Crippen molar-refractivity contribution < 1.29 is 9.90 Å². The first-order valence-electron chi connectivity index (χ1n) is 8.87. The Kier molecular flexibility index (Phi) is 4.19. The molecule has 0 saturated heterocycles. The normalized spacial score (nSPS) is 16.0. The van der Waals surface area contributed by atoms with Crippen molar-refractivity contribution in [3.05, 3.63) is 67.8 Å². The standard InChI is InChI=1S/C19H20N4O4/c20-9-13-2-1-7-22(13)12-5-3-11-4-6-15-17(14(11)8-12)23(10-16(24)25)19(27)18(26)21-15/h1-2,7-8H,3-6,9-10,20H2,(H,21,26)(H,24,25). The number of carboxylic acid groups (broad SMARTS) is 1. The second kappa shape index (κ2) is 6.55. The fraction of sp³-hybridized carbons (Fsp3) is 0.316. The fourth-order valence-corrected chi connectivity index (χ4v) is 3.99. The molecule has 0 atom stereocenters. The number of fused-ring (bicyclic) bond motifs is 2. The number of carboxylic acids is 1. The molecular weight excluding hydrogens is 348 g/mol. The van der Waals surface area contributed by atoms with Crippen molar-refractivity contribution in [1.82, 2.24) is 14.1 Å². The molecule has 4 N–H and O–H groups in total. The van der Waals surface area contributed by atoms with Gasteiger partial charge in [0.15, 0.2) is 0 Å². The van der Waals surface area contributed by atoms with Crippen LogP contribution in [0.2, 0.25) is 0 Å². The number of aromatic amines is 1.